The van der Waals surface area contributed by atoms with Crippen molar-refractivity contribution in [3.05, 3.63) is 22.2 Å². The molecule has 0 spiro atoms. The third kappa shape index (κ3) is 2.86. The van der Waals surface area contributed by atoms with Crippen LogP contribution in [0.25, 0.3) is 0 Å². The maximum atomic E-state index is 12.2. The molecule has 0 saturated carbocycles. The summed E-state index contributed by atoms with van der Waals surface area (Å²) < 4.78 is 1.30. The zero-order chi connectivity index (χ0) is 14.8. The van der Waals surface area contributed by atoms with Gasteiger partial charge in [0.25, 0.3) is 5.56 Å². The number of fused-ring (bicyclic) bond motifs is 1. The first-order valence-corrected chi connectivity index (χ1v) is 6.91. The number of anilines is 1. The van der Waals surface area contributed by atoms with Gasteiger partial charge >= 0.3 is 0 Å². The molecule has 112 valence electrons. The van der Waals surface area contributed by atoms with Crippen LogP contribution in [-0.2, 0) is 17.9 Å². The molecule has 1 saturated heterocycles. The van der Waals surface area contributed by atoms with E-state index >= 15 is 0 Å². The number of aromatic nitrogens is 2. The first-order valence-electron chi connectivity index (χ1n) is 6.91. The number of nitrogens with zero attached hydrogens (tertiary/aromatic N) is 3. The highest BCUT2D eigenvalue weighted by molar-refractivity contribution is 5.79. The van der Waals surface area contributed by atoms with Gasteiger partial charge in [-0.05, 0) is 13.0 Å². The summed E-state index contributed by atoms with van der Waals surface area (Å²) >= 11 is 0. The highest BCUT2D eigenvalue weighted by Crippen LogP contribution is 2.12. The Morgan fingerprint density at radius 3 is 3.14 bits per heavy atom. The molecule has 3 N–H and O–H groups in total. The highest BCUT2D eigenvalue weighted by atomic mass is 16.3. The van der Waals surface area contributed by atoms with Gasteiger partial charge in [-0.25, -0.2) is 4.98 Å². The van der Waals surface area contributed by atoms with E-state index in [0.717, 1.165) is 0 Å². The maximum absolute atomic E-state index is 12.2. The summed E-state index contributed by atoms with van der Waals surface area (Å²) in [7, 11) is 0. The van der Waals surface area contributed by atoms with Crippen LogP contribution in [0.2, 0.25) is 0 Å². The Hall–Kier alpha value is -2.06. The Labute approximate surface area is 120 Å². The smallest absolute Gasteiger partial charge is 0.260 e. The lowest BCUT2D eigenvalue weighted by Gasteiger charge is -2.15. The fourth-order valence-corrected chi connectivity index (χ4v) is 2.62. The van der Waals surface area contributed by atoms with E-state index in [9.17, 15) is 14.7 Å². The summed E-state index contributed by atoms with van der Waals surface area (Å²) in [5.74, 6) is 0.385. The minimum Gasteiger partial charge on any atom is -0.391 e. The van der Waals surface area contributed by atoms with Crippen molar-refractivity contribution >= 4 is 17.9 Å². The quantitative estimate of drug-likeness (QED) is 0.648. The van der Waals surface area contributed by atoms with Gasteiger partial charge in [0.2, 0.25) is 0 Å². The lowest BCUT2D eigenvalue weighted by atomic mass is 10.1. The summed E-state index contributed by atoms with van der Waals surface area (Å²) in [4.78, 5) is 32.4. The Morgan fingerprint density at radius 2 is 2.38 bits per heavy atom. The molecular formula is C13H17N5O3. The summed E-state index contributed by atoms with van der Waals surface area (Å²) in [5, 5.41) is 15.6. The van der Waals surface area contributed by atoms with Crippen molar-refractivity contribution in [1.29, 1.82) is 0 Å². The maximum Gasteiger partial charge on any atom is 0.260 e. The number of carbonyl (C=O) groups is 1. The third-order valence-electron chi connectivity index (χ3n) is 3.78. The highest BCUT2D eigenvalue weighted by Gasteiger charge is 2.27. The summed E-state index contributed by atoms with van der Waals surface area (Å²) in [6, 6.07) is -0.218. The molecule has 0 amide bonds. The second-order valence-electron chi connectivity index (χ2n) is 5.28. The van der Waals surface area contributed by atoms with Crippen LogP contribution < -0.4 is 16.2 Å². The third-order valence-corrected chi connectivity index (χ3v) is 3.78. The zero-order valence-corrected chi connectivity index (χ0v) is 11.5. The second-order valence-corrected chi connectivity index (χ2v) is 5.28. The molecule has 0 radical (unpaired) electrons. The monoisotopic (exact) mass is 291 g/mol. The van der Waals surface area contributed by atoms with Gasteiger partial charge < -0.3 is 15.7 Å². The van der Waals surface area contributed by atoms with Gasteiger partial charge in [0.05, 0.1) is 31.1 Å². The Balaban J connectivity index is 1.71. The van der Waals surface area contributed by atoms with Gasteiger partial charge in [-0.15, -0.1) is 0 Å². The molecule has 1 fully saturated rings. The number of hydrogen-bond donors (Lipinski definition) is 3. The van der Waals surface area contributed by atoms with E-state index in [-0.39, 0.29) is 36.9 Å². The molecule has 0 aromatic carbocycles. The standard InChI is InChI=1S/C13H17N5O3/c19-8(3-10-11(20)1-2-15-10)5-18-7-17-12-9(13(18)21)4-14-6-16-12/h6-7,10-11,15,20H,1-5H2,(H,14,16). The van der Waals surface area contributed by atoms with Gasteiger partial charge in [0, 0.05) is 12.5 Å². The van der Waals surface area contributed by atoms with E-state index in [0.29, 0.717) is 24.3 Å². The van der Waals surface area contributed by atoms with Crippen molar-refractivity contribution in [3.63, 3.8) is 0 Å². The first-order chi connectivity index (χ1) is 10.1. The second kappa shape index (κ2) is 5.74. The van der Waals surface area contributed by atoms with E-state index in [1.165, 1.54) is 17.2 Å². The number of ketones is 1. The Kier molecular flexibility index (Phi) is 3.80. The van der Waals surface area contributed by atoms with Crippen LogP contribution in [0.5, 0.6) is 0 Å². The van der Waals surface area contributed by atoms with E-state index < -0.39 is 6.10 Å². The number of aliphatic imine (C=N–C) groups is 1. The molecule has 8 nitrogen and oxygen atoms in total. The molecule has 0 aliphatic carbocycles. The van der Waals surface area contributed by atoms with Crippen molar-refractivity contribution in [3.8, 4) is 0 Å². The van der Waals surface area contributed by atoms with Crippen molar-refractivity contribution in [2.24, 2.45) is 4.99 Å². The molecule has 2 aliphatic heterocycles. The predicted octanol–water partition coefficient (Wildman–Crippen LogP) is -1.12. The number of rotatable bonds is 4. The summed E-state index contributed by atoms with van der Waals surface area (Å²) in [5.41, 5.74) is 0.212. The van der Waals surface area contributed by atoms with E-state index in [1.54, 1.807) is 0 Å². The molecule has 2 aliphatic rings. The molecule has 2 atom stereocenters. The normalized spacial score (nSPS) is 23.7. The average Bonchev–Trinajstić information content (AvgIpc) is 2.87. The topological polar surface area (TPSA) is 109 Å². The molecular weight excluding hydrogens is 274 g/mol. The van der Waals surface area contributed by atoms with Gasteiger partial charge in [-0.3, -0.25) is 19.1 Å². The average molecular weight is 291 g/mol. The zero-order valence-electron chi connectivity index (χ0n) is 11.5. The van der Waals surface area contributed by atoms with Crippen molar-refractivity contribution in [2.45, 2.75) is 38.1 Å². The largest absolute Gasteiger partial charge is 0.391 e. The summed E-state index contributed by atoms with van der Waals surface area (Å²) in [6.45, 7) is 0.947. The van der Waals surface area contributed by atoms with Crippen LogP contribution in [0.15, 0.2) is 16.1 Å². The van der Waals surface area contributed by atoms with Crippen LogP contribution in [0.1, 0.15) is 18.4 Å². The van der Waals surface area contributed by atoms with E-state index in [4.69, 9.17) is 0 Å². The van der Waals surface area contributed by atoms with Crippen molar-refractivity contribution in [1.82, 2.24) is 14.9 Å². The number of aliphatic hydroxyl groups excluding tert-OH is 1. The van der Waals surface area contributed by atoms with Crippen LogP contribution in [0, 0.1) is 0 Å². The van der Waals surface area contributed by atoms with Crippen LogP contribution in [-0.4, -0.2) is 45.5 Å². The molecule has 8 heteroatoms. The molecule has 3 rings (SSSR count). The van der Waals surface area contributed by atoms with Crippen molar-refractivity contribution < 1.29 is 9.90 Å². The van der Waals surface area contributed by atoms with Crippen LogP contribution in [0.3, 0.4) is 0 Å². The lowest BCUT2D eigenvalue weighted by Crippen LogP contribution is -2.35. The van der Waals surface area contributed by atoms with E-state index in [2.05, 4.69) is 20.6 Å². The Bertz CT molecular complexity index is 639. The lowest BCUT2D eigenvalue weighted by molar-refractivity contribution is -0.120. The van der Waals surface area contributed by atoms with Crippen LogP contribution in [0.4, 0.5) is 5.82 Å². The minimum atomic E-state index is -0.495. The SMILES string of the molecule is O=C(CC1NCCC1O)Cn1cnc2c(c1=O)CN=CN2. The van der Waals surface area contributed by atoms with Gasteiger partial charge in [0.1, 0.15) is 12.1 Å². The number of hydrogen-bond acceptors (Lipinski definition) is 7. The predicted molar refractivity (Wildman–Crippen MR) is 76.4 cm³/mol. The molecule has 2 unspecified atom stereocenters. The molecule has 0 bridgehead atoms. The molecule has 21 heavy (non-hydrogen) atoms. The fraction of sp³-hybridized carbons (Fsp3) is 0.538. The van der Waals surface area contributed by atoms with Gasteiger partial charge in [0.15, 0.2) is 5.78 Å². The number of nitrogens with one attached hydrogen (secondary N) is 2. The number of Topliss-reactive ketones (excluding diaryl/α,β-unsaturated/α-hetero) is 1. The summed E-state index contributed by atoms with van der Waals surface area (Å²) in [6.07, 6.45) is 3.23. The number of aliphatic hydroxyl groups is 1. The van der Waals surface area contributed by atoms with Crippen LogP contribution >= 0.6 is 0 Å². The number of carbonyl (C=O) groups excluding carboxylic acids is 1. The van der Waals surface area contributed by atoms with Crippen molar-refractivity contribution in [2.75, 3.05) is 11.9 Å². The fourth-order valence-electron chi connectivity index (χ4n) is 2.62. The minimum absolute atomic E-state index is 0.0340. The first kappa shape index (κ1) is 13.9. The molecule has 1 aromatic heterocycles. The van der Waals surface area contributed by atoms with Gasteiger partial charge in [-0.1, -0.05) is 0 Å². The van der Waals surface area contributed by atoms with E-state index in [1.807, 2.05) is 0 Å². The molecule has 1 aromatic rings. The Morgan fingerprint density at radius 1 is 1.52 bits per heavy atom. The molecule has 3 heterocycles. The van der Waals surface area contributed by atoms with Gasteiger partial charge in [-0.2, -0.15) is 0 Å².